The van der Waals surface area contributed by atoms with Crippen molar-refractivity contribution in [3.8, 4) is 0 Å². The van der Waals surface area contributed by atoms with Crippen LogP contribution in [0.2, 0.25) is 0 Å². The first-order valence-corrected chi connectivity index (χ1v) is 12.4. The van der Waals surface area contributed by atoms with E-state index in [4.69, 9.17) is 14.2 Å². The second-order valence-electron chi connectivity index (χ2n) is 9.79. The summed E-state index contributed by atoms with van der Waals surface area (Å²) in [5.41, 5.74) is 2.31. The van der Waals surface area contributed by atoms with Gasteiger partial charge in [0, 0.05) is 17.8 Å². The van der Waals surface area contributed by atoms with Gasteiger partial charge >= 0.3 is 0 Å². The molecule has 2 aromatic rings. The monoisotopic (exact) mass is 452 g/mol. The number of benzene rings is 2. The number of hydrogen-bond acceptors (Lipinski definition) is 4. The Morgan fingerprint density at radius 2 is 1.55 bits per heavy atom. The largest absolute Gasteiger partial charge is 0.376 e. The van der Waals surface area contributed by atoms with Gasteiger partial charge in [-0.2, -0.15) is 0 Å². The zero-order valence-electron chi connectivity index (χ0n) is 20.6. The van der Waals surface area contributed by atoms with Crippen molar-refractivity contribution in [1.82, 2.24) is 0 Å². The first-order chi connectivity index (χ1) is 16.0. The maximum atomic E-state index is 11.7. The fraction of sp³-hybridized carbons (Fsp3) is 0.552. The fourth-order valence-electron chi connectivity index (χ4n) is 4.91. The van der Waals surface area contributed by atoms with Gasteiger partial charge in [-0.1, -0.05) is 88.4 Å². The molecule has 7 atom stereocenters. The summed E-state index contributed by atoms with van der Waals surface area (Å²) < 4.78 is 19.0. The lowest BCUT2D eigenvalue weighted by atomic mass is 9.79. The molecule has 0 amide bonds. The summed E-state index contributed by atoms with van der Waals surface area (Å²) in [6.45, 7) is 10.4. The second kappa shape index (κ2) is 13.0. The van der Waals surface area contributed by atoms with Gasteiger partial charge < -0.3 is 19.0 Å². The van der Waals surface area contributed by atoms with Gasteiger partial charge in [0.1, 0.15) is 6.29 Å². The molecule has 180 valence electrons. The van der Waals surface area contributed by atoms with Crippen molar-refractivity contribution in [1.29, 1.82) is 0 Å². The number of aldehydes is 1. The SMILES string of the molecule is C[C@@H]([C@@H](OCc1ccccc1)[C@@H](C)C=O)[C@H]1O[C@H]([C@H](C)COCc2ccccc2)CC[C@@H]1C. The molecule has 1 saturated heterocycles. The van der Waals surface area contributed by atoms with Crippen molar-refractivity contribution in [2.45, 2.75) is 72.1 Å². The van der Waals surface area contributed by atoms with Crippen LogP contribution in [0.5, 0.6) is 0 Å². The molecule has 0 bridgehead atoms. The number of hydrogen-bond donors (Lipinski definition) is 0. The highest BCUT2D eigenvalue weighted by molar-refractivity contribution is 5.53. The van der Waals surface area contributed by atoms with Crippen molar-refractivity contribution >= 4 is 6.29 Å². The second-order valence-corrected chi connectivity index (χ2v) is 9.79. The summed E-state index contributed by atoms with van der Waals surface area (Å²) in [4.78, 5) is 11.7. The average Bonchev–Trinajstić information content (AvgIpc) is 2.85. The van der Waals surface area contributed by atoms with E-state index in [1.54, 1.807) is 0 Å². The van der Waals surface area contributed by atoms with Crippen molar-refractivity contribution in [3.05, 3.63) is 71.8 Å². The van der Waals surface area contributed by atoms with Crippen LogP contribution in [0, 0.1) is 23.7 Å². The molecular formula is C29H40O4. The predicted octanol–water partition coefficient (Wildman–Crippen LogP) is 6.08. The van der Waals surface area contributed by atoms with Crippen molar-refractivity contribution in [3.63, 3.8) is 0 Å². The molecule has 0 aromatic heterocycles. The lowest BCUT2D eigenvalue weighted by Gasteiger charge is -2.43. The van der Waals surface area contributed by atoms with E-state index in [9.17, 15) is 4.79 Å². The van der Waals surface area contributed by atoms with E-state index in [2.05, 4.69) is 45.0 Å². The molecule has 4 nitrogen and oxygen atoms in total. The van der Waals surface area contributed by atoms with E-state index in [1.165, 1.54) is 5.56 Å². The molecule has 0 saturated carbocycles. The van der Waals surface area contributed by atoms with E-state index in [0.717, 1.165) is 24.7 Å². The molecule has 0 radical (unpaired) electrons. The highest BCUT2D eigenvalue weighted by Crippen LogP contribution is 2.36. The van der Waals surface area contributed by atoms with Gasteiger partial charge in [0.05, 0.1) is 38.1 Å². The van der Waals surface area contributed by atoms with Gasteiger partial charge in [-0.15, -0.1) is 0 Å². The average molecular weight is 453 g/mol. The molecule has 1 aliphatic rings. The summed E-state index contributed by atoms with van der Waals surface area (Å²) in [5.74, 6) is 0.661. The molecule has 33 heavy (non-hydrogen) atoms. The minimum atomic E-state index is -0.188. The first kappa shape index (κ1) is 25.6. The molecule has 3 rings (SSSR count). The highest BCUT2D eigenvalue weighted by Gasteiger charge is 2.39. The summed E-state index contributed by atoms with van der Waals surface area (Å²) >= 11 is 0. The number of rotatable bonds is 12. The van der Waals surface area contributed by atoms with E-state index in [-0.39, 0.29) is 30.1 Å². The van der Waals surface area contributed by atoms with Gasteiger partial charge in [-0.05, 0) is 29.9 Å². The smallest absolute Gasteiger partial charge is 0.125 e. The normalized spacial score (nSPS) is 24.5. The third-order valence-electron chi connectivity index (χ3n) is 6.98. The van der Waals surface area contributed by atoms with Crippen LogP contribution in [0.25, 0.3) is 0 Å². The van der Waals surface area contributed by atoms with Crippen LogP contribution < -0.4 is 0 Å². The van der Waals surface area contributed by atoms with E-state index < -0.39 is 0 Å². The van der Waals surface area contributed by atoms with Gasteiger partial charge in [0.25, 0.3) is 0 Å². The molecule has 0 spiro atoms. The predicted molar refractivity (Wildman–Crippen MR) is 132 cm³/mol. The number of carbonyl (C=O) groups is 1. The van der Waals surface area contributed by atoms with Crippen LogP contribution in [0.15, 0.2) is 60.7 Å². The van der Waals surface area contributed by atoms with Gasteiger partial charge in [-0.25, -0.2) is 0 Å². The van der Waals surface area contributed by atoms with Crippen molar-refractivity contribution < 1.29 is 19.0 Å². The Kier molecular flexibility index (Phi) is 10.1. The Morgan fingerprint density at radius 1 is 0.939 bits per heavy atom. The molecule has 1 fully saturated rings. The lowest BCUT2D eigenvalue weighted by Crippen LogP contribution is -2.47. The van der Waals surface area contributed by atoms with E-state index in [1.807, 2.05) is 43.3 Å². The molecular weight excluding hydrogens is 412 g/mol. The van der Waals surface area contributed by atoms with Crippen molar-refractivity contribution in [2.24, 2.45) is 23.7 Å². The van der Waals surface area contributed by atoms with Crippen LogP contribution >= 0.6 is 0 Å². The Labute approximate surface area is 199 Å². The Bertz CT molecular complexity index is 809. The van der Waals surface area contributed by atoms with Crippen LogP contribution in [0.4, 0.5) is 0 Å². The Hall–Kier alpha value is -2.01. The Morgan fingerprint density at radius 3 is 2.15 bits per heavy atom. The third-order valence-corrected chi connectivity index (χ3v) is 6.98. The zero-order valence-corrected chi connectivity index (χ0v) is 20.6. The summed E-state index contributed by atoms with van der Waals surface area (Å²) in [5, 5.41) is 0. The molecule has 0 N–H and O–H groups in total. The lowest BCUT2D eigenvalue weighted by molar-refractivity contribution is -0.162. The fourth-order valence-corrected chi connectivity index (χ4v) is 4.91. The van der Waals surface area contributed by atoms with Crippen LogP contribution in [-0.2, 0) is 32.2 Å². The minimum Gasteiger partial charge on any atom is -0.376 e. The maximum Gasteiger partial charge on any atom is 0.125 e. The molecule has 2 aromatic carbocycles. The quantitative estimate of drug-likeness (QED) is 0.366. The first-order valence-electron chi connectivity index (χ1n) is 12.4. The van der Waals surface area contributed by atoms with Crippen LogP contribution in [0.1, 0.15) is 51.7 Å². The third kappa shape index (κ3) is 7.49. The molecule has 0 aliphatic carbocycles. The van der Waals surface area contributed by atoms with E-state index >= 15 is 0 Å². The van der Waals surface area contributed by atoms with Gasteiger partial charge in [-0.3, -0.25) is 0 Å². The summed E-state index contributed by atoms with van der Waals surface area (Å²) in [6.07, 6.45) is 3.20. The van der Waals surface area contributed by atoms with Crippen LogP contribution in [-0.4, -0.2) is 31.2 Å². The molecule has 0 unspecified atom stereocenters. The minimum absolute atomic E-state index is 0.0588. The molecule has 4 heteroatoms. The Balaban J connectivity index is 1.58. The van der Waals surface area contributed by atoms with Gasteiger partial charge in [0.2, 0.25) is 0 Å². The molecule has 1 heterocycles. The summed E-state index contributed by atoms with van der Waals surface area (Å²) in [7, 11) is 0. The molecule has 1 aliphatic heterocycles. The standard InChI is InChI=1S/C29H40O4/c1-21-15-16-27(23(3)18-31-19-25-11-7-5-8-12-25)33-29(21)24(4)28(22(2)17-30)32-20-26-13-9-6-10-14-26/h5-14,17,21-24,27-29H,15-16,18-20H2,1-4H3/t21-,22-,23+,24-,27-,28-,29-/m0/s1. The highest BCUT2D eigenvalue weighted by atomic mass is 16.5. The maximum absolute atomic E-state index is 11.7. The van der Waals surface area contributed by atoms with Crippen LogP contribution in [0.3, 0.4) is 0 Å². The van der Waals surface area contributed by atoms with Crippen molar-refractivity contribution in [2.75, 3.05) is 6.61 Å². The number of ether oxygens (including phenoxy) is 3. The number of carbonyl (C=O) groups excluding carboxylic acids is 1. The zero-order chi connectivity index (χ0) is 23.6. The van der Waals surface area contributed by atoms with E-state index in [0.29, 0.717) is 31.7 Å². The topological polar surface area (TPSA) is 44.8 Å². The van der Waals surface area contributed by atoms with Gasteiger partial charge in [0.15, 0.2) is 0 Å². The summed E-state index contributed by atoms with van der Waals surface area (Å²) in [6, 6.07) is 20.4.